The van der Waals surface area contributed by atoms with Gasteiger partial charge in [-0.3, -0.25) is 0 Å². The van der Waals surface area contributed by atoms with Crippen LogP contribution in [0.1, 0.15) is 0 Å². The molecular weight excluding hydrogens is 855 g/mol. The lowest BCUT2D eigenvalue weighted by molar-refractivity contribution is 1.76. The molecule has 0 amide bonds. The quantitative estimate of drug-likeness (QED) is 0.119. The maximum absolute atomic E-state index is 6.38. The van der Waals surface area contributed by atoms with Crippen molar-refractivity contribution in [3.63, 3.8) is 0 Å². The van der Waals surface area contributed by atoms with E-state index in [4.69, 9.17) is 5.73 Å². The average molecular weight is 894 g/mol. The van der Waals surface area contributed by atoms with Crippen molar-refractivity contribution in [2.45, 2.75) is 0 Å². The molecule has 1 heteroatoms. The van der Waals surface area contributed by atoms with Crippen molar-refractivity contribution in [2.75, 3.05) is 5.73 Å². The molecule has 0 aromatic heterocycles. The van der Waals surface area contributed by atoms with E-state index in [9.17, 15) is 0 Å². The molecule has 324 valence electrons. The summed E-state index contributed by atoms with van der Waals surface area (Å²) in [7, 11) is 0. The molecule has 71 heavy (non-hydrogen) atoms. The van der Waals surface area contributed by atoms with Crippen LogP contribution in [0.15, 0.2) is 224 Å². The number of nitrogen functional groups attached to an aromatic ring is 1. The SMILES string of the molecule is Nc1cccc2cc3cc4cc5cc6cc7cc8cc9cc%10cc%11cc%12cc%13cc%14cc%15cc%16cc%17ccccc%17cc%16cc%15cc%14cc%13cc%12cc%11cc%10cc9cc8cc7cc6cc5cc4cc3cc12. The number of rotatable bonds is 0. The second-order valence-electron chi connectivity index (χ2n) is 20.6. The predicted molar refractivity (Wildman–Crippen MR) is 311 cm³/mol. The lowest BCUT2D eigenvalue weighted by atomic mass is 9.93. The largest absolute Gasteiger partial charge is 0.398 e. The van der Waals surface area contributed by atoms with Gasteiger partial charge in [0.05, 0.1) is 0 Å². The van der Waals surface area contributed by atoms with Crippen molar-refractivity contribution in [3.05, 3.63) is 224 Å². The summed E-state index contributed by atoms with van der Waals surface area (Å²) in [5, 5.41) is 40.2. The van der Waals surface area contributed by atoms with Gasteiger partial charge in [-0.1, -0.05) is 36.4 Å². The first-order valence-electron chi connectivity index (χ1n) is 24.7. The summed E-state index contributed by atoms with van der Waals surface area (Å²) >= 11 is 0. The molecule has 0 spiro atoms. The topological polar surface area (TPSA) is 26.0 Å². The van der Waals surface area contributed by atoms with Crippen LogP contribution in [0.3, 0.4) is 0 Å². The lowest BCUT2D eigenvalue weighted by Crippen LogP contribution is -1.87. The van der Waals surface area contributed by atoms with Gasteiger partial charge in [0, 0.05) is 11.1 Å². The van der Waals surface area contributed by atoms with Gasteiger partial charge in [0.15, 0.2) is 0 Å². The van der Waals surface area contributed by atoms with Crippen molar-refractivity contribution in [1.82, 2.24) is 0 Å². The Labute approximate surface area is 406 Å². The molecule has 0 bridgehead atoms. The van der Waals surface area contributed by atoms with Gasteiger partial charge >= 0.3 is 0 Å². The standard InChI is InChI=1S/C70H39N/c71-70-7-3-6-40-10-43-13-46-16-49-19-52-22-55-25-58-28-61-29-59-26-56-23-53-20-50-17-47-14-44-11-41-8-38-4-1-2-5-39(38)9-42(41)12-45(44)15-48(47)18-51(50)21-54(53)24-57(56)27-60(59)30-62(61)31-63(58)32-64(55)33-65(52)34-66(49)35-67(46)36-68(43)37-69(40)70/h1-37H,71H2. The van der Waals surface area contributed by atoms with Crippen molar-refractivity contribution < 1.29 is 0 Å². The first kappa shape index (κ1) is 37.7. The Morgan fingerprint density at radius 3 is 0.507 bits per heavy atom. The fourth-order valence-corrected chi connectivity index (χ4v) is 12.5. The average Bonchev–Trinajstić information content (AvgIpc) is 3.37. The van der Waals surface area contributed by atoms with Crippen molar-refractivity contribution in [1.29, 1.82) is 0 Å². The van der Waals surface area contributed by atoms with Gasteiger partial charge in [-0.2, -0.15) is 0 Å². The summed E-state index contributed by atoms with van der Waals surface area (Å²) in [6.07, 6.45) is 0. The number of anilines is 1. The monoisotopic (exact) mass is 893 g/mol. The Balaban J connectivity index is 0.757. The maximum Gasteiger partial charge on any atom is 0.0393 e. The highest BCUT2D eigenvalue weighted by Crippen LogP contribution is 2.39. The fourth-order valence-electron chi connectivity index (χ4n) is 12.5. The number of hydrogen-bond acceptors (Lipinski definition) is 1. The molecular formula is C70H39N. The van der Waals surface area contributed by atoms with Gasteiger partial charge in [-0.05, 0) is 355 Å². The van der Waals surface area contributed by atoms with Crippen LogP contribution in [-0.2, 0) is 0 Å². The smallest absolute Gasteiger partial charge is 0.0393 e. The van der Waals surface area contributed by atoms with Crippen molar-refractivity contribution >= 4 is 178 Å². The summed E-state index contributed by atoms with van der Waals surface area (Å²) in [6.45, 7) is 0. The van der Waals surface area contributed by atoms with E-state index in [2.05, 4.69) is 212 Å². The summed E-state index contributed by atoms with van der Waals surface area (Å²) in [5.74, 6) is 0. The van der Waals surface area contributed by atoms with Crippen LogP contribution in [0.4, 0.5) is 5.69 Å². The Hall–Kier alpha value is -9.30. The molecule has 0 aliphatic carbocycles. The second kappa shape index (κ2) is 13.5. The molecule has 17 rings (SSSR count). The van der Waals surface area contributed by atoms with E-state index in [1.54, 1.807) is 0 Å². The van der Waals surface area contributed by atoms with E-state index in [1.807, 2.05) is 12.1 Å². The van der Waals surface area contributed by atoms with E-state index in [0.717, 1.165) is 11.1 Å². The first-order valence-corrected chi connectivity index (χ1v) is 24.7. The molecule has 0 aliphatic rings. The normalized spacial score (nSPS) is 12.6. The Bertz CT molecular complexity index is 5350. The van der Waals surface area contributed by atoms with Crippen LogP contribution in [0.2, 0.25) is 0 Å². The zero-order chi connectivity index (χ0) is 46.2. The highest BCUT2D eigenvalue weighted by molar-refractivity contribution is 6.17. The molecule has 0 fully saturated rings. The Kier molecular flexibility index (Phi) is 7.15. The van der Waals surface area contributed by atoms with Gasteiger partial charge < -0.3 is 5.73 Å². The zero-order valence-electron chi connectivity index (χ0n) is 38.4. The van der Waals surface area contributed by atoms with Crippen LogP contribution in [0.25, 0.3) is 172 Å². The number of hydrogen-bond donors (Lipinski definition) is 1. The number of nitrogens with two attached hydrogens (primary N) is 1. The van der Waals surface area contributed by atoms with Crippen molar-refractivity contribution in [3.8, 4) is 0 Å². The van der Waals surface area contributed by atoms with Gasteiger partial charge in [-0.25, -0.2) is 0 Å². The van der Waals surface area contributed by atoms with Gasteiger partial charge in [0.2, 0.25) is 0 Å². The molecule has 17 aromatic rings. The minimum atomic E-state index is 0.820. The highest BCUT2D eigenvalue weighted by Gasteiger charge is 2.12. The molecule has 0 atom stereocenters. The van der Waals surface area contributed by atoms with Crippen molar-refractivity contribution in [2.24, 2.45) is 0 Å². The third-order valence-corrected chi connectivity index (χ3v) is 16.2. The summed E-state index contributed by atoms with van der Waals surface area (Å²) in [6, 6.07) is 85.6. The molecule has 0 heterocycles. The molecule has 1 nitrogen and oxygen atoms in total. The van der Waals surface area contributed by atoms with Crippen LogP contribution >= 0.6 is 0 Å². The predicted octanol–water partition coefficient (Wildman–Crippen LogP) is 19.7. The number of benzene rings is 17. The minimum absolute atomic E-state index is 0.820. The van der Waals surface area contributed by atoms with Gasteiger partial charge in [0.1, 0.15) is 0 Å². The fraction of sp³-hybridized carbons (Fsp3) is 0. The van der Waals surface area contributed by atoms with E-state index < -0.39 is 0 Å². The molecule has 0 saturated carbocycles. The van der Waals surface area contributed by atoms with E-state index in [-0.39, 0.29) is 0 Å². The van der Waals surface area contributed by atoms with Crippen LogP contribution in [0, 0.1) is 0 Å². The third-order valence-electron chi connectivity index (χ3n) is 16.2. The third kappa shape index (κ3) is 5.69. The van der Waals surface area contributed by atoms with Crippen LogP contribution in [-0.4, -0.2) is 0 Å². The van der Waals surface area contributed by atoms with Crippen LogP contribution < -0.4 is 5.73 Å². The first-order chi connectivity index (χ1) is 34.9. The van der Waals surface area contributed by atoms with Crippen LogP contribution in [0.5, 0.6) is 0 Å². The molecule has 0 saturated heterocycles. The lowest BCUT2D eigenvalue weighted by Gasteiger charge is -2.11. The summed E-state index contributed by atoms with van der Waals surface area (Å²) < 4.78 is 0. The highest BCUT2D eigenvalue weighted by atomic mass is 14.5. The summed E-state index contributed by atoms with van der Waals surface area (Å²) in [5.41, 5.74) is 7.20. The molecule has 0 radical (unpaired) electrons. The Morgan fingerprint density at radius 1 is 0.141 bits per heavy atom. The molecule has 0 unspecified atom stereocenters. The van der Waals surface area contributed by atoms with E-state index in [0.29, 0.717) is 0 Å². The number of fused-ring (bicyclic) bond motifs is 16. The molecule has 2 N–H and O–H groups in total. The second-order valence-corrected chi connectivity index (χ2v) is 20.6. The molecule has 0 aliphatic heterocycles. The zero-order valence-corrected chi connectivity index (χ0v) is 38.4. The Morgan fingerprint density at radius 2 is 0.296 bits per heavy atom. The minimum Gasteiger partial charge on any atom is -0.398 e. The van der Waals surface area contributed by atoms with E-state index in [1.165, 1.54) is 167 Å². The van der Waals surface area contributed by atoms with E-state index >= 15 is 0 Å². The van der Waals surface area contributed by atoms with Gasteiger partial charge in [0.25, 0.3) is 0 Å². The molecule has 17 aromatic carbocycles. The van der Waals surface area contributed by atoms with Gasteiger partial charge in [-0.15, -0.1) is 0 Å². The summed E-state index contributed by atoms with van der Waals surface area (Å²) in [4.78, 5) is 0. The maximum atomic E-state index is 6.38.